The fraction of sp³-hybridized carbons (Fsp3) is 0.800. The van der Waals surface area contributed by atoms with Crippen LogP contribution in [0, 0.1) is 0 Å². The van der Waals surface area contributed by atoms with Crippen molar-refractivity contribution in [3.63, 3.8) is 0 Å². The van der Waals surface area contributed by atoms with E-state index in [1.165, 1.54) is 0 Å². The molecule has 0 saturated carbocycles. The molecule has 102 valence electrons. The number of alkyl halides is 9. The van der Waals surface area contributed by atoms with Crippen LogP contribution in [0.25, 0.3) is 0 Å². The summed E-state index contributed by atoms with van der Waals surface area (Å²) in [7, 11) is 0. The monoisotopic (exact) mass is 279 g/mol. The molecule has 0 saturated heterocycles. The second kappa shape index (κ2) is 3.84. The minimum absolute atomic E-state index is 1.96. The van der Waals surface area contributed by atoms with Gasteiger partial charge in [0.25, 0.3) is 6.16 Å². The fourth-order valence-corrected chi connectivity index (χ4v) is 0.781. The second-order valence-corrected chi connectivity index (χ2v) is 2.53. The maximum atomic E-state index is 11.9. The number of carbonyl (C=O) groups excluding carboxylic acids is 1. The smallest absolute Gasteiger partial charge is 0.429 e. The van der Waals surface area contributed by atoms with Crippen molar-refractivity contribution >= 4 is 6.16 Å². The van der Waals surface area contributed by atoms with E-state index in [0.29, 0.717) is 0 Å². The van der Waals surface area contributed by atoms with Gasteiger partial charge >= 0.3 is 24.1 Å². The number of carbonyl (C=O) groups is 1. The molecule has 0 aromatic carbocycles. The third-order valence-electron chi connectivity index (χ3n) is 1.43. The lowest BCUT2D eigenvalue weighted by Crippen LogP contribution is -2.69. The molecule has 0 aliphatic carbocycles. The number of hydrogen-bond donors (Lipinski definition) is 0. The molecular weight excluding hydrogens is 279 g/mol. The quantitative estimate of drug-likeness (QED) is 0.543. The van der Waals surface area contributed by atoms with Gasteiger partial charge in [-0.15, -0.1) is 0 Å². The SMILES string of the molecule is O=C([O-])OC(C(F)(F)F)(C(F)(F)F)C(F)(F)F. The van der Waals surface area contributed by atoms with Gasteiger partial charge in [-0.3, -0.25) is 0 Å². The van der Waals surface area contributed by atoms with Crippen molar-refractivity contribution in [2.45, 2.75) is 24.1 Å². The van der Waals surface area contributed by atoms with Gasteiger partial charge in [0.05, 0.1) is 0 Å². The van der Waals surface area contributed by atoms with E-state index in [9.17, 15) is 49.4 Å². The number of halogens is 9. The Morgan fingerprint density at radius 3 is 1.06 bits per heavy atom. The number of hydrogen-bond acceptors (Lipinski definition) is 3. The van der Waals surface area contributed by atoms with Gasteiger partial charge in [-0.05, 0) is 0 Å². The second-order valence-electron chi connectivity index (χ2n) is 2.53. The Balaban J connectivity index is 6.02. The van der Waals surface area contributed by atoms with Crippen molar-refractivity contribution in [3.05, 3.63) is 0 Å². The minimum Gasteiger partial charge on any atom is -0.519 e. The van der Waals surface area contributed by atoms with Crippen LogP contribution in [0.15, 0.2) is 0 Å². The van der Waals surface area contributed by atoms with E-state index in [-0.39, 0.29) is 0 Å². The molecule has 0 fully saturated rings. The molecule has 3 nitrogen and oxygen atoms in total. The highest BCUT2D eigenvalue weighted by Crippen LogP contribution is 2.54. The average molecular weight is 279 g/mol. The molecule has 0 bridgehead atoms. The molecule has 0 aliphatic heterocycles. The Morgan fingerprint density at radius 2 is 1.00 bits per heavy atom. The highest BCUT2D eigenvalue weighted by Gasteiger charge is 2.84. The highest BCUT2D eigenvalue weighted by atomic mass is 19.4. The van der Waals surface area contributed by atoms with Gasteiger partial charge in [0, 0.05) is 0 Å². The predicted molar refractivity (Wildman–Crippen MR) is 27.4 cm³/mol. The lowest BCUT2D eigenvalue weighted by atomic mass is 10.0. The molecule has 0 atom stereocenters. The fourth-order valence-electron chi connectivity index (χ4n) is 0.781. The van der Waals surface area contributed by atoms with Gasteiger partial charge in [0.1, 0.15) is 0 Å². The molecule has 0 N–H and O–H groups in total. The molecule has 12 heteroatoms. The van der Waals surface area contributed by atoms with Gasteiger partial charge in [-0.2, -0.15) is 39.5 Å². The van der Waals surface area contributed by atoms with Crippen LogP contribution in [0.2, 0.25) is 0 Å². The van der Waals surface area contributed by atoms with Crippen LogP contribution in [0.1, 0.15) is 0 Å². The molecule has 0 heterocycles. The third-order valence-corrected chi connectivity index (χ3v) is 1.43. The lowest BCUT2D eigenvalue weighted by molar-refractivity contribution is -0.460. The third kappa shape index (κ3) is 2.49. The first-order valence-electron chi connectivity index (χ1n) is 3.27. The van der Waals surface area contributed by atoms with E-state index in [1.807, 2.05) is 4.74 Å². The summed E-state index contributed by atoms with van der Waals surface area (Å²) in [5, 5.41) is 9.52. The number of carboxylic acid groups (broad SMARTS) is 1. The number of ether oxygens (including phenoxy) is 1. The van der Waals surface area contributed by atoms with Crippen LogP contribution < -0.4 is 5.11 Å². The van der Waals surface area contributed by atoms with Gasteiger partial charge in [-0.25, -0.2) is 0 Å². The first kappa shape index (κ1) is 15.6. The normalized spacial score (nSPS) is 14.6. The molecule has 0 radical (unpaired) electrons. The number of rotatable bonds is 1. The van der Waals surface area contributed by atoms with Crippen molar-refractivity contribution in [2.75, 3.05) is 0 Å². The van der Waals surface area contributed by atoms with Crippen LogP contribution in [-0.4, -0.2) is 30.3 Å². The van der Waals surface area contributed by atoms with E-state index in [4.69, 9.17) is 0 Å². The Morgan fingerprint density at radius 1 is 0.765 bits per heavy atom. The predicted octanol–water partition coefficient (Wildman–Crippen LogP) is 1.77. The average Bonchev–Trinajstić information content (AvgIpc) is 1.91. The Hall–Kier alpha value is -1.36. The summed E-state index contributed by atoms with van der Waals surface area (Å²) >= 11 is 0. The topological polar surface area (TPSA) is 49.4 Å². The highest BCUT2D eigenvalue weighted by molar-refractivity contribution is 5.55. The molecule has 0 amide bonds. The largest absolute Gasteiger partial charge is 0.519 e. The van der Waals surface area contributed by atoms with E-state index in [0.717, 1.165) is 0 Å². The van der Waals surface area contributed by atoms with Crippen molar-refractivity contribution in [3.8, 4) is 0 Å². The molecule has 0 aromatic heterocycles. The van der Waals surface area contributed by atoms with E-state index >= 15 is 0 Å². The maximum Gasteiger partial charge on any atom is 0.429 e. The van der Waals surface area contributed by atoms with Gasteiger partial charge in [0.15, 0.2) is 0 Å². The van der Waals surface area contributed by atoms with Crippen molar-refractivity contribution in [2.24, 2.45) is 0 Å². The zero-order chi connectivity index (χ0) is 14.3. The van der Waals surface area contributed by atoms with Crippen molar-refractivity contribution in [1.29, 1.82) is 0 Å². The molecule has 17 heavy (non-hydrogen) atoms. The summed E-state index contributed by atoms with van der Waals surface area (Å²) in [5.41, 5.74) is -6.83. The van der Waals surface area contributed by atoms with Gasteiger partial charge in [-0.1, -0.05) is 0 Å². The van der Waals surface area contributed by atoms with Crippen molar-refractivity contribution in [1.82, 2.24) is 0 Å². The summed E-state index contributed by atoms with van der Waals surface area (Å²) in [6.45, 7) is 0. The lowest BCUT2D eigenvalue weighted by Gasteiger charge is -2.40. The minimum atomic E-state index is -7.08. The van der Waals surface area contributed by atoms with Crippen LogP contribution in [0.3, 0.4) is 0 Å². The molecular formula is C5F9O3-. The van der Waals surface area contributed by atoms with Crippen molar-refractivity contribution < 1.29 is 54.2 Å². The van der Waals surface area contributed by atoms with E-state index in [2.05, 4.69) is 0 Å². The summed E-state index contributed by atoms with van der Waals surface area (Å²) in [4.78, 5) is 9.52. The molecule has 0 aromatic rings. The maximum absolute atomic E-state index is 11.9. The first-order valence-corrected chi connectivity index (χ1v) is 3.27. The standard InChI is InChI=1S/C5HF9O3/c6-3(7,8)2(4(9,10)11,5(12,13)14)17-1(15)16/h(H,15,16)/p-1. The van der Waals surface area contributed by atoms with E-state index < -0.39 is 30.3 Å². The van der Waals surface area contributed by atoms with Gasteiger partial charge < -0.3 is 14.6 Å². The Bertz CT molecular complexity index is 261. The van der Waals surface area contributed by atoms with Gasteiger partial charge in [0.2, 0.25) is 0 Å². The zero-order valence-electron chi connectivity index (χ0n) is 7.13. The summed E-state index contributed by atoms with van der Waals surface area (Å²) in [6.07, 6.45) is -24.9. The zero-order valence-corrected chi connectivity index (χ0v) is 7.13. The van der Waals surface area contributed by atoms with Crippen LogP contribution in [0.4, 0.5) is 44.3 Å². The van der Waals surface area contributed by atoms with Crippen LogP contribution in [0.5, 0.6) is 0 Å². The van der Waals surface area contributed by atoms with Crippen LogP contribution >= 0.6 is 0 Å². The molecule has 0 rings (SSSR count). The summed E-state index contributed by atoms with van der Waals surface area (Å²) in [6, 6.07) is 0. The molecule has 0 aliphatic rings. The van der Waals surface area contributed by atoms with E-state index in [1.54, 1.807) is 0 Å². The van der Waals surface area contributed by atoms with Crippen LogP contribution in [-0.2, 0) is 4.74 Å². The summed E-state index contributed by atoms with van der Waals surface area (Å²) < 4.78 is 109. The Labute approximate surface area is 85.8 Å². The Kier molecular flexibility index (Phi) is 3.53. The molecule has 0 spiro atoms. The summed E-state index contributed by atoms with van der Waals surface area (Å²) in [5.74, 6) is 0. The first-order chi connectivity index (χ1) is 7.17. The molecule has 0 unspecified atom stereocenters.